The Kier molecular flexibility index (Phi) is 6.43. The van der Waals surface area contributed by atoms with Crippen LogP contribution in [0.3, 0.4) is 0 Å². The summed E-state index contributed by atoms with van der Waals surface area (Å²) >= 11 is 0. The topological polar surface area (TPSA) is 58.4 Å². The van der Waals surface area contributed by atoms with Gasteiger partial charge in [0.05, 0.1) is 23.3 Å². The first-order valence-electron chi connectivity index (χ1n) is 10.8. The number of pyridine rings is 1. The molecule has 1 aliphatic heterocycles. The number of fused-ring (bicyclic) bond motifs is 1. The van der Waals surface area contributed by atoms with Gasteiger partial charge in [-0.05, 0) is 61.7 Å². The van der Waals surface area contributed by atoms with Crippen LogP contribution in [0.2, 0.25) is 0 Å². The van der Waals surface area contributed by atoms with Crippen LogP contribution in [0.5, 0.6) is 5.75 Å². The van der Waals surface area contributed by atoms with Crippen LogP contribution < -0.4 is 9.64 Å². The maximum Gasteiger partial charge on any atom is 0.421 e. The average Bonchev–Trinajstić information content (AvgIpc) is 3.25. The van der Waals surface area contributed by atoms with E-state index in [-0.39, 0.29) is 18.5 Å². The first kappa shape index (κ1) is 22.9. The predicted molar refractivity (Wildman–Crippen MR) is 119 cm³/mol. The third kappa shape index (κ3) is 4.74. The predicted octanol–water partition coefficient (Wildman–Crippen LogP) is 5.63. The monoisotopic (exact) mass is 455 g/mol. The summed E-state index contributed by atoms with van der Waals surface area (Å²) in [5.41, 5.74) is 1.93. The molecular weight excluding hydrogens is 431 g/mol. The van der Waals surface area contributed by atoms with Crippen molar-refractivity contribution in [1.82, 2.24) is 4.98 Å². The Bertz CT molecular complexity index is 1200. The molecule has 2 heterocycles. The summed E-state index contributed by atoms with van der Waals surface area (Å²) in [6, 6.07) is 11.2. The molecular formula is C25H24F3N3O2. The summed E-state index contributed by atoms with van der Waals surface area (Å²) in [6.45, 7) is 6.21. The standard InChI is InChI=1S/C25H24F3N3O2/c1-3-32-19-8-10-31(14-19)22-7-9-30-21-12-18(16(2)11-20(21)22)15-33-23-6-4-5-17(13-29)24(23)25(26,27)28/h4-7,9,11-12,19H,3,8,10,14-15H2,1-2H3. The third-order valence-corrected chi connectivity index (χ3v) is 5.88. The minimum atomic E-state index is -4.69. The maximum absolute atomic E-state index is 13.5. The highest BCUT2D eigenvalue weighted by molar-refractivity contribution is 5.92. The van der Waals surface area contributed by atoms with Crippen LogP contribution in [0, 0.1) is 18.3 Å². The van der Waals surface area contributed by atoms with Crippen molar-refractivity contribution in [2.24, 2.45) is 0 Å². The van der Waals surface area contributed by atoms with E-state index in [1.165, 1.54) is 12.1 Å². The smallest absolute Gasteiger partial charge is 0.421 e. The number of rotatable bonds is 6. The highest BCUT2D eigenvalue weighted by atomic mass is 19.4. The molecule has 0 bridgehead atoms. The minimum absolute atomic E-state index is 0.0677. The van der Waals surface area contributed by atoms with Crippen LogP contribution in [0.4, 0.5) is 18.9 Å². The lowest BCUT2D eigenvalue weighted by atomic mass is 10.0. The van der Waals surface area contributed by atoms with Gasteiger partial charge in [0, 0.05) is 37.0 Å². The molecule has 0 radical (unpaired) electrons. The fourth-order valence-corrected chi connectivity index (χ4v) is 4.27. The van der Waals surface area contributed by atoms with Crippen molar-refractivity contribution < 1.29 is 22.6 Å². The third-order valence-electron chi connectivity index (χ3n) is 5.88. The van der Waals surface area contributed by atoms with E-state index in [2.05, 4.69) is 9.88 Å². The van der Waals surface area contributed by atoms with Crippen molar-refractivity contribution in [2.75, 3.05) is 24.6 Å². The molecule has 1 saturated heterocycles. The fourth-order valence-electron chi connectivity index (χ4n) is 4.27. The van der Waals surface area contributed by atoms with E-state index in [0.29, 0.717) is 6.61 Å². The van der Waals surface area contributed by atoms with Gasteiger partial charge in [-0.3, -0.25) is 4.98 Å². The van der Waals surface area contributed by atoms with Gasteiger partial charge in [0.1, 0.15) is 17.9 Å². The van der Waals surface area contributed by atoms with Gasteiger partial charge < -0.3 is 14.4 Å². The molecule has 0 spiro atoms. The Hall–Kier alpha value is -3.31. The van der Waals surface area contributed by atoms with E-state index < -0.39 is 17.3 Å². The molecule has 1 atom stereocenters. The minimum Gasteiger partial charge on any atom is -0.488 e. The number of nitriles is 1. The lowest BCUT2D eigenvalue weighted by Crippen LogP contribution is -2.23. The van der Waals surface area contributed by atoms with Crippen LogP contribution in [0.25, 0.3) is 10.9 Å². The van der Waals surface area contributed by atoms with Crippen LogP contribution in [-0.2, 0) is 17.5 Å². The quantitative estimate of drug-likeness (QED) is 0.482. The Balaban J connectivity index is 1.61. The Morgan fingerprint density at radius 1 is 1.24 bits per heavy atom. The van der Waals surface area contributed by atoms with Gasteiger partial charge in [-0.1, -0.05) is 6.07 Å². The van der Waals surface area contributed by atoms with Gasteiger partial charge in [-0.2, -0.15) is 18.4 Å². The first-order valence-corrected chi connectivity index (χ1v) is 10.8. The molecule has 0 N–H and O–H groups in total. The zero-order chi connectivity index (χ0) is 23.6. The SMILES string of the molecule is CCOC1CCN(c2ccnc3cc(COc4cccc(C#N)c4C(F)(F)F)c(C)cc23)C1. The Labute approximate surface area is 190 Å². The zero-order valence-corrected chi connectivity index (χ0v) is 18.4. The van der Waals surface area contributed by atoms with Gasteiger partial charge in [-0.25, -0.2) is 0 Å². The number of aromatic nitrogens is 1. The molecule has 8 heteroatoms. The van der Waals surface area contributed by atoms with E-state index in [9.17, 15) is 13.2 Å². The Morgan fingerprint density at radius 2 is 2.06 bits per heavy atom. The summed E-state index contributed by atoms with van der Waals surface area (Å²) in [7, 11) is 0. The molecule has 172 valence electrons. The summed E-state index contributed by atoms with van der Waals surface area (Å²) < 4.78 is 51.9. The molecule has 1 aliphatic rings. The van der Waals surface area contributed by atoms with Gasteiger partial charge in [0.25, 0.3) is 0 Å². The molecule has 1 aromatic heterocycles. The van der Waals surface area contributed by atoms with Crippen LogP contribution >= 0.6 is 0 Å². The average molecular weight is 455 g/mol. The van der Waals surface area contributed by atoms with Gasteiger partial charge >= 0.3 is 6.18 Å². The highest BCUT2D eigenvalue weighted by Gasteiger charge is 2.37. The number of alkyl halides is 3. The summed E-state index contributed by atoms with van der Waals surface area (Å²) in [6.07, 6.45) is -1.78. The molecule has 3 aromatic rings. The van der Waals surface area contributed by atoms with Crippen LogP contribution in [-0.4, -0.2) is 30.8 Å². The summed E-state index contributed by atoms with van der Waals surface area (Å²) in [5.74, 6) is -0.359. The molecule has 1 fully saturated rings. The molecule has 33 heavy (non-hydrogen) atoms. The highest BCUT2D eigenvalue weighted by Crippen LogP contribution is 2.39. The second kappa shape index (κ2) is 9.28. The molecule has 0 amide bonds. The number of hydrogen-bond acceptors (Lipinski definition) is 5. The zero-order valence-electron chi connectivity index (χ0n) is 18.4. The van der Waals surface area contributed by atoms with Crippen LogP contribution in [0.1, 0.15) is 35.6 Å². The van der Waals surface area contributed by atoms with Crippen molar-refractivity contribution >= 4 is 16.6 Å². The lowest BCUT2D eigenvalue weighted by Gasteiger charge is -2.21. The Morgan fingerprint density at radius 3 is 2.79 bits per heavy atom. The largest absolute Gasteiger partial charge is 0.488 e. The van der Waals surface area contributed by atoms with Gasteiger partial charge in [0.2, 0.25) is 0 Å². The molecule has 4 rings (SSSR count). The number of nitrogens with zero attached hydrogens (tertiary/aromatic N) is 3. The van der Waals surface area contributed by atoms with E-state index in [4.69, 9.17) is 14.7 Å². The van der Waals surface area contributed by atoms with Crippen molar-refractivity contribution in [2.45, 2.75) is 39.2 Å². The molecule has 0 aliphatic carbocycles. The molecule has 5 nitrogen and oxygen atoms in total. The molecule has 2 aromatic carbocycles. The number of anilines is 1. The van der Waals surface area contributed by atoms with Crippen LogP contribution in [0.15, 0.2) is 42.6 Å². The van der Waals surface area contributed by atoms with E-state index in [1.807, 2.05) is 32.0 Å². The van der Waals surface area contributed by atoms with E-state index in [1.54, 1.807) is 12.3 Å². The number of benzene rings is 2. The van der Waals surface area contributed by atoms with Crippen molar-refractivity contribution in [3.8, 4) is 11.8 Å². The number of halogens is 3. The second-order valence-electron chi connectivity index (χ2n) is 8.01. The summed E-state index contributed by atoms with van der Waals surface area (Å²) in [5, 5.41) is 10.1. The van der Waals surface area contributed by atoms with Crippen molar-refractivity contribution in [3.05, 3.63) is 64.8 Å². The lowest BCUT2D eigenvalue weighted by molar-refractivity contribution is -0.139. The van der Waals surface area contributed by atoms with E-state index >= 15 is 0 Å². The molecule has 1 unspecified atom stereocenters. The fraction of sp³-hybridized carbons (Fsp3) is 0.360. The second-order valence-corrected chi connectivity index (χ2v) is 8.01. The van der Waals surface area contributed by atoms with Crippen molar-refractivity contribution in [1.29, 1.82) is 5.26 Å². The number of ether oxygens (including phenoxy) is 2. The number of aryl methyl sites for hydroxylation is 1. The normalized spacial score (nSPS) is 16.2. The van der Waals surface area contributed by atoms with E-state index in [0.717, 1.165) is 53.3 Å². The summed E-state index contributed by atoms with van der Waals surface area (Å²) in [4.78, 5) is 6.75. The number of hydrogen-bond donors (Lipinski definition) is 0. The van der Waals surface area contributed by atoms with Gasteiger partial charge in [-0.15, -0.1) is 0 Å². The molecule has 0 saturated carbocycles. The van der Waals surface area contributed by atoms with Crippen molar-refractivity contribution in [3.63, 3.8) is 0 Å². The van der Waals surface area contributed by atoms with Gasteiger partial charge in [0.15, 0.2) is 0 Å². The maximum atomic E-state index is 13.5. The first-order chi connectivity index (χ1) is 15.8.